The highest BCUT2D eigenvalue weighted by atomic mass is 16.5. The standard InChI is InChI=1S/C12H13N5O3/c18-4-8-7(19)3-9(20-8)17-6-14-10-11-13-1-2-16(11)5-15-12(10)17/h1-2,5-9,18-19H,3-4H2/t7?,8-,9-/m1/s1. The number of imidazole rings is 2. The second-order valence-corrected chi connectivity index (χ2v) is 4.84. The molecule has 0 bridgehead atoms. The predicted molar refractivity (Wildman–Crippen MR) is 67.9 cm³/mol. The van der Waals surface area contributed by atoms with E-state index in [2.05, 4.69) is 15.0 Å². The molecular formula is C12H13N5O3. The van der Waals surface area contributed by atoms with Crippen molar-refractivity contribution in [1.82, 2.24) is 23.9 Å². The Kier molecular flexibility index (Phi) is 2.49. The van der Waals surface area contributed by atoms with Crippen LogP contribution in [0.5, 0.6) is 0 Å². The second-order valence-electron chi connectivity index (χ2n) is 4.84. The smallest absolute Gasteiger partial charge is 0.167 e. The molecule has 4 heterocycles. The molecule has 3 aromatic heterocycles. The van der Waals surface area contributed by atoms with Crippen LogP contribution in [0.4, 0.5) is 0 Å². The van der Waals surface area contributed by atoms with Crippen molar-refractivity contribution in [3.05, 3.63) is 25.0 Å². The summed E-state index contributed by atoms with van der Waals surface area (Å²) < 4.78 is 9.18. The van der Waals surface area contributed by atoms with Crippen molar-refractivity contribution in [1.29, 1.82) is 0 Å². The van der Waals surface area contributed by atoms with Crippen LogP contribution < -0.4 is 0 Å². The van der Waals surface area contributed by atoms with Gasteiger partial charge in [0.15, 0.2) is 16.8 Å². The number of aliphatic hydroxyl groups excluding tert-OH is 2. The summed E-state index contributed by atoms with van der Waals surface area (Å²) in [6, 6.07) is 0. The zero-order chi connectivity index (χ0) is 13.7. The first-order chi connectivity index (χ1) is 9.78. The van der Waals surface area contributed by atoms with Gasteiger partial charge in [-0.1, -0.05) is 0 Å². The summed E-state index contributed by atoms with van der Waals surface area (Å²) in [5.74, 6) is 0. The summed E-state index contributed by atoms with van der Waals surface area (Å²) in [5, 5.41) is 19.0. The van der Waals surface area contributed by atoms with Crippen LogP contribution in [0.25, 0.3) is 16.8 Å². The highest BCUT2D eigenvalue weighted by molar-refractivity contribution is 5.85. The molecule has 0 aromatic carbocycles. The van der Waals surface area contributed by atoms with E-state index in [0.29, 0.717) is 17.6 Å². The predicted octanol–water partition coefficient (Wildman–Crippen LogP) is -0.280. The van der Waals surface area contributed by atoms with Gasteiger partial charge in [-0.05, 0) is 0 Å². The Hall–Kier alpha value is -2.03. The molecule has 0 radical (unpaired) electrons. The number of hydrogen-bond acceptors (Lipinski definition) is 6. The van der Waals surface area contributed by atoms with Crippen LogP contribution in [-0.2, 0) is 4.74 Å². The molecular weight excluding hydrogens is 262 g/mol. The number of ether oxygens (including phenoxy) is 1. The molecule has 1 aliphatic heterocycles. The molecule has 0 aliphatic carbocycles. The molecule has 8 nitrogen and oxygen atoms in total. The number of aromatic nitrogens is 5. The number of fused-ring (bicyclic) bond motifs is 3. The molecule has 20 heavy (non-hydrogen) atoms. The zero-order valence-electron chi connectivity index (χ0n) is 10.5. The van der Waals surface area contributed by atoms with Crippen LogP contribution in [-0.4, -0.2) is 52.9 Å². The Morgan fingerprint density at radius 3 is 2.95 bits per heavy atom. The number of aliphatic hydroxyl groups is 2. The lowest BCUT2D eigenvalue weighted by atomic mass is 10.2. The second kappa shape index (κ2) is 4.23. The summed E-state index contributed by atoms with van der Waals surface area (Å²) in [5.41, 5.74) is 2.06. The van der Waals surface area contributed by atoms with Gasteiger partial charge in [0.05, 0.1) is 19.0 Å². The van der Waals surface area contributed by atoms with E-state index in [1.165, 1.54) is 0 Å². The van der Waals surface area contributed by atoms with E-state index in [4.69, 9.17) is 9.84 Å². The van der Waals surface area contributed by atoms with Crippen molar-refractivity contribution in [2.75, 3.05) is 6.61 Å². The van der Waals surface area contributed by atoms with E-state index < -0.39 is 12.2 Å². The fourth-order valence-corrected chi connectivity index (χ4v) is 2.61. The fraction of sp³-hybridized carbons (Fsp3) is 0.417. The number of nitrogens with zero attached hydrogens (tertiary/aromatic N) is 5. The quantitative estimate of drug-likeness (QED) is 0.667. The summed E-state index contributed by atoms with van der Waals surface area (Å²) in [7, 11) is 0. The molecule has 8 heteroatoms. The van der Waals surface area contributed by atoms with Crippen molar-refractivity contribution in [3.8, 4) is 0 Å². The fourth-order valence-electron chi connectivity index (χ4n) is 2.61. The molecule has 1 aliphatic rings. The van der Waals surface area contributed by atoms with E-state index >= 15 is 0 Å². The van der Waals surface area contributed by atoms with E-state index in [9.17, 15) is 5.11 Å². The molecule has 0 saturated carbocycles. The van der Waals surface area contributed by atoms with Crippen molar-refractivity contribution in [2.24, 2.45) is 0 Å². The third-order valence-corrected chi connectivity index (χ3v) is 3.65. The van der Waals surface area contributed by atoms with E-state index in [-0.39, 0.29) is 12.8 Å². The molecule has 2 N–H and O–H groups in total. The van der Waals surface area contributed by atoms with Crippen LogP contribution in [0.2, 0.25) is 0 Å². The number of rotatable bonds is 2. The first-order valence-electron chi connectivity index (χ1n) is 6.36. The molecule has 104 valence electrons. The molecule has 1 saturated heterocycles. The zero-order valence-corrected chi connectivity index (χ0v) is 10.5. The van der Waals surface area contributed by atoms with Gasteiger partial charge in [-0.25, -0.2) is 15.0 Å². The first-order valence-corrected chi connectivity index (χ1v) is 6.36. The van der Waals surface area contributed by atoms with Gasteiger partial charge in [-0.2, -0.15) is 0 Å². The molecule has 0 amide bonds. The Balaban J connectivity index is 1.81. The van der Waals surface area contributed by atoms with Gasteiger partial charge >= 0.3 is 0 Å². The molecule has 4 rings (SSSR count). The topological polar surface area (TPSA) is 97.7 Å². The third kappa shape index (κ3) is 1.56. The maximum Gasteiger partial charge on any atom is 0.167 e. The lowest BCUT2D eigenvalue weighted by Gasteiger charge is -2.13. The Morgan fingerprint density at radius 1 is 1.25 bits per heavy atom. The Labute approximate surface area is 113 Å². The SMILES string of the molecule is OC[C@H]1O[C@@H](n2cnc3c2ncn2ccnc32)CC1O. The normalized spacial score (nSPS) is 26.8. The van der Waals surface area contributed by atoms with E-state index in [0.717, 1.165) is 5.65 Å². The van der Waals surface area contributed by atoms with Crippen molar-refractivity contribution in [3.63, 3.8) is 0 Å². The molecule has 3 aromatic rings. The van der Waals surface area contributed by atoms with Crippen LogP contribution in [0.3, 0.4) is 0 Å². The van der Waals surface area contributed by atoms with Crippen LogP contribution in [0.1, 0.15) is 12.6 Å². The van der Waals surface area contributed by atoms with Gasteiger partial charge in [-0.15, -0.1) is 0 Å². The largest absolute Gasteiger partial charge is 0.394 e. The van der Waals surface area contributed by atoms with Crippen molar-refractivity contribution >= 4 is 16.8 Å². The molecule has 1 fully saturated rings. The molecule has 0 spiro atoms. The van der Waals surface area contributed by atoms with E-state index in [1.807, 2.05) is 0 Å². The maximum atomic E-state index is 9.81. The maximum absolute atomic E-state index is 9.81. The van der Waals surface area contributed by atoms with Crippen LogP contribution in [0, 0.1) is 0 Å². The monoisotopic (exact) mass is 275 g/mol. The summed E-state index contributed by atoms with van der Waals surface area (Å²) in [6.45, 7) is -0.206. The Bertz CT molecular complexity index is 767. The van der Waals surface area contributed by atoms with Gasteiger partial charge in [0, 0.05) is 18.8 Å². The summed E-state index contributed by atoms with van der Waals surface area (Å²) in [4.78, 5) is 12.9. The van der Waals surface area contributed by atoms with Crippen LogP contribution in [0.15, 0.2) is 25.0 Å². The van der Waals surface area contributed by atoms with Gasteiger partial charge in [0.25, 0.3) is 0 Å². The number of hydrogen-bond donors (Lipinski definition) is 2. The minimum absolute atomic E-state index is 0.206. The van der Waals surface area contributed by atoms with Gasteiger partial charge in [-0.3, -0.25) is 8.97 Å². The van der Waals surface area contributed by atoms with Crippen molar-refractivity contribution < 1.29 is 14.9 Å². The average Bonchev–Trinajstić information content (AvgIpc) is 3.13. The molecule has 3 atom stereocenters. The minimum Gasteiger partial charge on any atom is -0.394 e. The molecule has 1 unspecified atom stereocenters. The van der Waals surface area contributed by atoms with Crippen molar-refractivity contribution in [2.45, 2.75) is 24.9 Å². The third-order valence-electron chi connectivity index (χ3n) is 3.65. The Morgan fingerprint density at radius 2 is 2.15 bits per heavy atom. The lowest BCUT2D eigenvalue weighted by Crippen LogP contribution is -2.24. The first kappa shape index (κ1) is 11.8. The van der Waals surface area contributed by atoms with Gasteiger partial charge < -0.3 is 14.9 Å². The minimum atomic E-state index is -0.683. The summed E-state index contributed by atoms with van der Waals surface area (Å²) in [6.07, 6.45) is 5.56. The highest BCUT2D eigenvalue weighted by Crippen LogP contribution is 2.30. The highest BCUT2D eigenvalue weighted by Gasteiger charge is 2.35. The average molecular weight is 275 g/mol. The van der Waals surface area contributed by atoms with E-state index in [1.54, 1.807) is 34.0 Å². The van der Waals surface area contributed by atoms with Gasteiger partial charge in [0.1, 0.15) is 18.7 Å². The summed E-state index contributed by atoms with van der Waals surface area (Å²) >= 11 is 0. The van der Waals surface area contributed by atoms with Gasteiger partial charge in [0.2, 0.25) is 0 Å². The lowest BCUT2D eigenvalue weighted by molar-refractivity contribution is -0.0432. The van der Waals surface area contributed by atoms with Crippen LogP contribution >= 0.6 is 0 Å².